The molecule has 0 aliphatic rings. The summed E-state index contributed by atoms with van der Waals surface area (Å²) >= 11 is 5.96. The number of carbonyl (C=O) groups is 1. The minimum absolute atomic E-state index is 0.0583. The maximum absolute atomic E-state index is 11.8. The van der Waals surface area contributed by atoms with Gasteiger partial charge in [0.15, 0.2) is 0 Å². The van der Waals surface area contributed by atoms with Gasteiger partial charge >= 0.3 is 0 Å². The van der Waals surface area contributed by atoms with Crippen molar-refractivity contribution in [2.45, 2.75) is 25.9 Å². The maximum Gasteiger partial charge on any atom is 0.225 e. The zero-order chi connectivity index (χ0) is 14.3. The number of amides is 1. The molecule has 0 aliphatic carbocycles. The van der Waals surface area contributed by atoms with Crippen molar-refractivity contribution in [3.63, 3.8) is 0 Å². The lowest BCUT2D eigenvalue weighted by molar-refractivity contribution is -0.116. The molecule has 4 nitrogen and oxygen atoms in total. The number of carbonyl (C=O) groups excluding carboxylic acids is 1. The van der Waals surface area contributed by atoms with E-state index >= 15 is 0 Å². The average molecular weight is 285 g/mol. The van der Waals surface area contributed by atoms with E-state index in [0.717, 1.165) is 6.54 Å². The molecule has 0 spiro atoms. The predicted octanol–water partition coefficient (Wildman–Crippen LogP) is 2.37. The molecule has 1 unspecified atom stereocenters. The SMILES string of the molecule is CC(O)CCN(C)CCC(=O)Nc1ccccc1Cl. The Hall–Kier alpha value is -1.10. The van der Waals surface area contributed by atoms with Gasteiger partial charge in [0.25, 0.3) is 0 Å². The lowest BCUT2D eigenvalue weighted by Gasteiger charge is -2.17. The van der Waals surface area contributed by atoms with Crippen molar-refractivity contribution in [3.05, 3.63) is 29.3 Å². The van der Waals surface area contributed by atoms with Gasteiger partial charge in [-0.3, -0.25) is 4.79 Å². The van der Waals surface area contributed by atoms with Crippen molar-refractivity contribution in [1.29, 1.82) is 0 Å². The predicted molar refractivity (Wildman–Crippen MR) is 78.5 cm³/mol. The van der Waals surface area contributed by atoms with E-state index in [1.54, 1.807) is 19.1 Å². The second-order valence-electron chi connectivity index (χ2n) is 4.72. The topological polar surface area (TPSA) is 52.6 Å². The minimum atomic E-state index is -0.306. The second kappa shape index (κ2) is 8.15. The summed E-state index contributed by atoms with van der Waals surface area (Å²) < 4.78 is 0. The molecule has 0 bridgehead atoms. The average Bonchev–Trinajstić information content (AvgIpc) is 2.36. The minimum Gasteiger partial charge on any atom is -0.393 e. The third-order valence-corrected chi connectivity index (χ3v) is 3.13. The fourth-order valence-electron chi connectivity index (χ4n) is 1.59. The summed E-state index contributed by atoms with van der Waals surface area (Å²) in [5.74, 6) is -0.0583. The molecule has 2 N–H and O–H groups in total. The standard InChI is InChI=1S/C14H21ClN2O2/c1-11(18)7-9-17(2)10-8-14(19)16-13-6-4-3-5-12(13)15/h3-6,11,18H,7-10H2,1-2H3,(H,16,19). The number of aliphatic hydroxyl groups is 1. The molecule has 1 aromatic carbocycles. The summed E-state index contributed by atoms with van der Waals surface area (Å²) in [5.41, 5.74) is 0.640. The van der Waals surface area contributed by atoms with Gasteiger partial charge in [-0.1, -0.05) is 23.7 Å². The molecule has 106 valence electrons. The molecule has 0 heterocycles. The van der Waals surface area contributed by atoms with Crippen LogP contribution in [0.15, 0.2) is 24.3 Å². The monoisotopic (exact) mass is 284 g/mol. The van der Waals surface area contributed by atoms with Crippen molar-refractivity contribution < 1.29 is 9.90 Å². The zero-order valence-corrected chi connectivity index (χ0v) is 12.2. The molecule has 0 fully saturated rings. The van der Waals surface area contributed by atoms with Crippen LogP contribution in [0.2, 0.25) is 5.02 Å². The highest BCUT2D eigenvalue weighted by Gasteiger charge is 2.07. The van der Waals surface area contributed by atoms with Crippen LogP contribution in [0.5, 0.6) is 0 Å². The Morgan fingerprint density at radius 1 is 1.42 bits per heavy atom. The molecular weight excluding hydrogens is 264 g/mol. The summed E-state index contributed by atoms with van der Waals surface area (Å²) in [5, 5.41) is 12.5. The number of aliphatic hydroxyl groups excluding tert-OH is 1. The highest BCUT2D eigenvalue weighted by atomic mass is 35.5. The van der Waals surface area contributed by atoms with Gasteiger partial charge in [-0.2, -0.15) is 0 Å². The van der Waals surface area contributed by atoms with Crippen molar-refractivity contribution in [2.24, 2.45) is 0 Å². The fourth-order valence-corrected chi connectivity index (χ4v) is 1.77. The van der Waals surface area contributed by atoms with E-state index in [0.29, 0.717) is 30.1 Å². The van der Waals surface area contributed by atoms with Gasteiger partial charge in [0.2, 0.25) is 5.91 Å². The summed E-state index contributed by atoms with van der Waals surface area (Å²) in [6.07, 6.45) is 0.809. The first-order valence-electron chi connectivity index (χ1n) is 6.40. The Morgan fingerprint density at radius 2 is 2.11 bits per heavy atom. The number of hydrogen-bond acceptors (Lipinski definition) is 3. The summed E-state index contributed by atoms with van der Waals surface area (Å²) in [4.78, 5) is 13.8. The number of halogens is 1. The van der Waals surface area contributed by atoms with Crippen LogP contribution in [0.25, 0.3) is 0 Å². The quantitative estimate of drug-likeness (QED) is 0.808. The number of rotatable bonds is 7. The number of nitrogens with zero attached hydrogens (tertiary/aromatic N) is 1. The van der Waals surface area contributed by atoms with Crippen molar-refractivity contribution in [1.82, 2.24) is 4.90 Å². The van der Waals surface area contributed by atoms with Gasteiger partial charge in [-0.05, 0) is 32.5 Å². The number of para-hydroxylation sites is 1. The van der Waals surface area contributed by atoms with Crippen LogP contribution in [0.1, 0.15) is 19.8 Å². The van der Waals surface area contributed by atoms with Crippen LogP contribution in [0.4, 0.5) is 5.69 Å². The second-order valence-corrected chi connectivity index (χ2v) is 5.13. The third kappa shape index (κ3) is 6.57. The number of hydrogen-bond donors (Lipinski definition) is 2. The molecule has 1 amide bonds. The maximum atomic E-state index is 11.8. The zero-order valence-electron chi connectivity index (χ0n) is 11.4. The van der Waals surface area contributed by atoms with Gasteiger partial charge < -0.3 is 15.3 Å². The molecule has 19 heavy (non-hydrogen) atoms. The first-order valence-corrected chi connectivity index (χ1v) is 6.78. The van der Waals surface area contributed by atoms with Crippen molar-refractivity contribution >= 4 is 23.2 Å². The fraction of sp³-hybridized carbons (Fsp3) is 0.500. The largest absolute Gasteiger partial charge is 0.393 e. The van der Waals surface area contributed by atoms with E-state index in [9.17, 15) is 9.90 Å². The van der Waals surface area contributed by atoms with Crippen molar-refractivity contribution in [2.75, 3.05) is 25.5 Å². The van der Waals surface area contributed by atoms with E-state index in [1.165, 1.54) is 0 Å². The highest BCUT2D eigenvalue weighted by molar-refractivity contribution is 6.33. The van der Waals surface area contributed by atoms with E-state index < -0.39 is 0 Å². The molecule has 5 heteroatoms. The first kappa shape index (κ1) is 16.0. The molecule has 1 atom stereocenters. The molecular formula is C14H21ClN2O2. The Kier molecular flexibility index (Phi) is 6.84. The van der Waals surface area contributed by atoms with Gasteiger partial charge in [0.05, 0.1) is 16.8 Å². The highest BCUT2D eigenvalue weighted by Crippen LogP contribution is 2.20. The molecule has 0 saturated carbocycles. The lowest BCUT2D eigenvalue weighted by atomic mass is 10.2. The lowest BCUT2D eigenvalue weighted by Crippen LogP contribution is -2.26. The van der Waals surface area contributed by atoms with Crippen LogP contribution < -0.4 is 5.32 Å². The van der Waals surface area contributed by atoms with Crippen LogP contribution >= 0.6 is 11.6 Å². The van der Waals surface area contributed by atoms with Crippen LogP contribution in [-0.2, 0) is 4.79 Å². The normalized spacial score (nSPS) is 12.5. The Balaban J connectivity index is 2.30. The molecule has 0 aliphatic heterocycles. The smallest absolute Gasteiger partial charge is 0.225 e. The third-order valence-electron chi connectivity index (χ3n) is 2.80. The number of nitrogens with one attached hydrogen (secondary N) is 1. The molecule has 1 rings (SSSR count). The van der Waals surface area contributed by atoms with Crippen LogP contribution in [0, 0.1) is 0 Å². The molecule has 0 radical (unpaired) electrons. The molecule has 0 saturated heterocycles. The van der Waals surface area contributed by atoms with Crippen LogP contribution in [-0.4, -0.2) is 42.2 Å². The number of anilines is 1. The summed E-state index contributed by atoms with van der Waals surface area (Å²) in [7, 11) is 1.94. The molecule has 0 aromatic heterocycles. The summed E-state index contributed by atoms with van der Waals surface area (Å²) in [6, 6.07) is 7.17. The van der Waals surface area contributed by atoms with Crippen molar-refractivity contribution in [3.8, 4) is 0 Å². The van der Waals surface area contributed by atoms with Gasteiger partial charge in [-0.15, -0.1) is 0 Å². The Morgan fingerprint density at radius 3 is 2.74 bits per heavy atom. The Labute approximate surface area is 119 Å². The Bertz CT molecular complexity index is 410. The van der Waals surface area contributed by atoms with E-state index in [4.69, 9.17) is 11.6 Å². The van der Waals surface area contributed by atoms with E-state index in [2.05, 4.69) is 5.32 Å². The summed E-state index contributed by atoms with van der Waals surface area (Å²) in [6.45, 7) is 3.19. The first-order chi connectivity index (χ1) is 8.99. The van der Waals surface area contributed by atoms with E-state index in [-0.39, 0.29) is 12.0 Å². The van der Waals surface area contributed by atoms with Gasteiger partial charge in [-0.25, -0.2) is 0 Å². The van der Waals surface area contributed by atoms with Crippen LogP contribution in [0.3, 0.4) is 0 Å². The van der Waals surface area contributed by atoms with Gasteiger partial charge in [0.1, 0.15) is 0 Å². The van der Waals surface area contributed by atoms with Gasteiger partial charge in [0, 0.05) is 19.5 Å². The number of benzene rings is 1. The molecule has 1 aromatic rings. The van der Waals surface area contributed by atoms with E-state index in [1.807, 2.05) is 24.1 Å².